The van der Waals surface area contributed by atoms with Gasteiger partial charge in [-0.2, -0.15) is 0 Å². The Hall–Kier alpha value is -3.30. The number of hydrogen-bond acceptors (Lipinski definition) is 5. The molecule has 3 atom stereocenters. The molecule has 7 nitrogen and oxygen atoms in total. The minimum absolute atomic E-state index is 0.0683. The molecule has 1 unspecified atom stereocenters. The van der Waals surface area contributed by atoms with Crippen LogP contribution in [0.1, 0.15) is 63.2 Å². The Morgan fingerprint density at radius 2 is 1.63 bits per heavy atom. The maximum atomic E-state index is 16.4. The third kappa shape index (κ3) is 5.03. The van der Waals surface area contributed by atoms with Crippen molar-refractivity contribution in [3.8, 4) is 0 Å². The second-order valence-corrected chi connectivity index (χ2v) is 11.2. The number of halogens is 3. The summed E-state index contributed by atoms with van der Waals surface area (Å²) in [6.45, 7) is 2.32. The summed E-state index contributed by atoms with van der Waals surface area (Å²) in [7, 11) is 1.33. The van der Waals surface area contributed by atoms with Crippen LogP contribution in [0.15, 0.2) is 60.7 Å². The van der Waals surface area contributed by atoms with Gasteiger partial charge in [0.2, 0.25) is 0 Å². The van der Waals surface area contributed by atoms with Crippen LogP contribution in [-0.4, -0.2) is 48.0 Å². The number of benzene rings is 3. The second kappa shape index (κ2) is 11.5. The summed E-state index contributed by atoms with van der Waals surface area (Å²) < 4.78 is 27.8. The zero-order chi connectivity index (χ0) is 29.5. The van der Waals surface area contributed by atoms with Gasteiger partial charge in [0.05, 0.1) is 23.1 Å². The Kier molecular flexibility index (Phi) is 8.21. The molecule has 0 radical (unpaired) electrons. The zero-order valence-electron chi connectivity index (χ0n) is 22.4. The standard InChI is InChI=1S/C31H28Cl2FNO6/c1-17(30(38)39)27(18-3-7-22(32)8-4-18)35-29(37)24-15-20(28(36)19-11-13-41-14-12-19)16-25(34)26(24)31(35,40-2)21-5-9-23(33)10-6-21/h3-10,15-17,19,27H,11-14H2,1-2H3,(H,38,39)/t17-,27-,31?/m0/s1. The summed E-state index contributed by atoms with van der Waals surface area (Å²) >= 11 is 12.3. The van der Waals surface area contributed by atoms with Crippen LogP contribution in [0.3, 0.4) is 0 Å². The molecule has 2 heterocycles. The normalized spacial score (nSPS) is 20.5. The van der Waals surface area contributed by atoms with Crippen molar-refractivity contribution in [1.82, 2.24) is 4.90 Å². The Morgan fingerprint density at radius 3 is 2.20 bits per heavy atom. The van der Waals surface area contributed by atoms with E-state index in [0.717, 1.165) is 6.07 Å². The van der Waals surface area contributed by atoms with E-state index in [1.165, 1.54) is 25.0 Å². The first-order valence-corrected chi connectivity index (χ1v) is 13.9. The topological polar surface area (TPSA) is 93.1 Å². The molecule has 3 aromatic carbocycles. The Labute approximate surface area is 246 Å². The minimum Gasteiger partial charge on any atom is -0.481 e. The van der Waals surface area contributed by atoms with Gasteiger partial charge in [-0.15, -0.1) is 0 Å². The number of carbonyl (C=O) groups is 3. The summed E-state index contributed by atoms with van der Waals surface area (Å²) in [6.07, 6.45) is 0.998. The van der Waals surface area contributed by atoms with Crippen molar-refractivity contribution >= 4 is 40.9 Å². The maximum Gasteiger partial charge on any atom is 0.308 e. The van der Waals surface area contributed by atoms with Gasteiger partial charge in [0.15, 0.2) is 11.5 Å². The lowest BCUT2D eigenvalue weighted by Crippen LogP contribution is -2.51. The van der Waals surface area contributed by atoms with Crippen molar-refractivity contribution in [2.24, 2.45) is 11.8 Å². The van der Waals surface area contributed by atoms with Gasteiger partial charge in [0, 0.05) is 47.4 Å². The first-order chi connectivity index (χ1) is 19.6. The first kappa shape index (κ1) is 29.2. The molecule has 2 aliphatic heterocycles. The summed E-state index contributed by atoms with van der Waals surface area (Å²) in [5, 5.41) is 11.0. The predicted molar refractivity (Wildman–Crippen MR) is 151 cm³/mol. The van der Waals surface area contributed by atoms with Crippen LogP contribution in [0.4, 0.5) is 4.39 Å². The summed E-state index contributed by atoms with van der Waals surface area (Å²) in [5.74, 6) is -4.45. The van der Waals surface area contributed by atoms with Crippen LogP contribution in [0.5, 0.6) is 0 Å². The zero-order valence-corrected chi connectivity index (χ0v) is 23.9. The lowest BCUT2D eigenvalue weighted by atomic mass is 9.86. The van der Waals surface area contributed by atoms with Gasteiger partial charge < -0.3 is 14.6 Å². The van der Waals surface area contributed by atoms with Crippen LogP contribution < -0.4 is 0 Å². The fourth-order valence-electron chi connectivity index (χ4n) is 5.91. The summed E-state index contributed by atoms with van der Waals surface area (Å²) in [6, 6.07) is 14.2. The van der Waals surface area contributed by atoms with Crippen molar-refractivity contribution < 1.29 is 33.4 Å². The molecular weight excluding hydrogens is 572 g/mol. The second-order valence-electron chi connectivity index (χ2n) is 10.3. The molecule has 1 saturated heterocycles. The highest BCUT2D eigenvalue weighted by Gasteiger charge is 2.58. The van der Waals surface area contributed by atoms with Crippen LogP contribution in [-0.2, 0) is 20.0 Å². The number of amides is 1. The Balaban J connectivity index is 1.76. The molecule has 0 aliphatic carbocycles. The fourth-order valence-corrected chi connectivity index (χ4v) is 6.16. The number of hydrogen-bond donors (Lipinski definition) is 1. The van der Waals surface area contributed by atoms with Gasteiger partial charge in [0.1, 0.15) is 5.82 Å². The number of ether oxygens (including phenoxy) is 2. The maximum absolute atomic E-state index is 16.4. The number of fused-ring (bicyclic) bond motifs is 1. The van der Waals surface area contributed by atoms with Gasteiger partial charge in [-0.1, -0.05) is 47.5 Å². The molecule has 0 aromatic heterocycles. The van der Waals surface area contributed by atoms with E-state index in [9.17, 15) is 19.5 Å². The number of ketones is 1. The van der Waals surface area contributed by atoms with Crippen LogP contribution in [0, 0.1) is 17.7 Å². The van der Waals surface area contributed by atoms with Crippen molar-refractivity contribution in [3.05, 3.63) is 104 Å². The molecule has 2 aliphatic rings. The number of carbonyl (C=O) groups excluding carboxylic acids is 2. The molecule has 5 rings (SSSR count). The number of carboxylic acids is 1. The molecule has 3 aromatic rings. The summed E-state index contributed by atoms with van der Waals surface area (Å²) in [4.78, 5) is 41.5. The third-order valence-corrected chi connectivity index (χ3v) is 8.48. The number of aliphatic carboxylic acids is 1. The van der Waals surface area contributed by atoms with E-state index >= 15 is 4.39 Å². The number of carboxylic acid groups (broad SMARTS) is 1. The molecule has 1 N–H and O–H groups in total. The van der Waals surface area contributed by atoms with E-state index < -0.39 is 35.4 Å². The van der Waals surface area contributed by atoms with E-state index in [0.29, 0.717) is 47.2 Å². The average molecular weight is 600 g/mol. The van der Waals surface area contributed by atoms with Gasteiger partial charge in [-0.25, -0.2) is 4.39 Å². The minimum atomic E-state index is -1.88. The highest BCUT2D eigenvalue weighted by molar-refractivity contribution is 6.30. The van der Waals surface area contributed by atoms with Crippen molar-refractivity contribution in [1.29, 1.82) is 0 Å². The molecule has 214 valence electrons. The number of rotatable bonds is 8. The van der Waals surface area contributed by atoms with Crippen LogP contribution in [0.25, 0.3) is 0 Å². The lowest BCUT2D eigenvalue weighted by Gasteiger charge is -2.44. The van der Waals surface area contributed by atoms with Crippen LogP contribution >= 0.6 is 23.2 Å². The summed E-state index contributed by atoms with van der Waals surface area (Å²) in [5.41, 5.74) is -1.18. The van der Waals surface area contributed by atoms with Gasteiger partial charge >= 0.3 is 5.97 Å². The van der Waals surface area contributed by atoms with Gasteiger partial charge in [-0.05, 0) is 61.7 Å². The Morgan fingerprint density at radius 1 is 1.05 bits per heavy atom. The number of nitrogens with zero attached hydrogens (tertiary/aromatic N) is 1. The molecule has 1 amide bonds. The van der Waals surface area contributed by atoms with Crippen LogP contribution in [0.2, 0.25) is 10.0 Å². The molecule has 0 saturated carbocycles. The number of Topliss-reactive ketones (excluding diaryl/α,β-unsaturated/α-hetero) is 1. The SMILES string of the molecule is COC1(c2ccc(Cl)cc2)c2c(F)cc(C(=O)C3CCOCC3)cc2C(=O)N1[C@H](c1ccc(Cl)cc1)[C@H](C)C(=O)O. The smallest absolute Gasteiger partial charge is 0.308 e. The molecular formula is C31H28Cl2FNO6. The highest BCUT2D eigenvalue weighted by atomic mass is 35.5. The monoisotopic (exact) mass is 599 g/mol. The van der Waals surface area contributed by atoms with E-state index in [1.807, 2.05) is 0 Å². The van der Waals surface area contributed by atoms with Crippen molar-refractivity contribution in [2.45, 2.75) is 31.5 Å². The molecule has 1 fully saturated rings. The first-order valence-electron chi connectivity index (χ1n) is 13.2. The average Bonchev–Trinajstić information content (AvgIpc) is 3.23. The fraction of sp³-hybridized carbons (Fsp3) is 0.323. The van der Waals surface area contributed by atoms with Crippen molar-refractivity contribution in [3.63, 3.8) is 0 Å². The number of methoxy groups -OCH3 is 1. The Bertz CT molecular complexity index is 1490. The third-order valence-electron chi connectivity index (χ3n) is 7.98. The van der Waals surface area contributed by atoms with E-state index in [1.54, 1.807) is 48.5 Å². The van der Waals surface area contributed by atoms with E-state index in [-0.39, 0.29) is 28.4 Å². The predicted octanol–water partition coefficient (Wildman–Crippen LogP) is 6.51. The van der Waals surface area contributed by atoms with E-state index in [4.69, 9.17) is 32.7 Å². The largest absolute Gasteiger partial charge is 0.481 e. The lowest BCUT2D eigenvalue weighted by molar-refractivity contribution is -0.149. The van der Waals surface area contributed by atoms with E-state index in [2.05, 4.69) is 0 Å². The molecule has 41 heavy (non-hydrogen) atoms. The van der Waals surface area contributed by atoms with Gasteiger partial charge in [-0.3, -0.25) is 19.3 Å². The molecule has 0 bridgehead atoms. The molecule has 10 heteroatoms. The quantitative estimate of drug-likeness (QED) is 0.297. The van der Waals surface area contributed by atoms with Gasteiger partial charge in [0.25, 0.3) is 5.91 Å². The van der Waals surface area contributed by atoms with Crippen molar-refractivity contribution in [2.75, 3.05) is 20.3 Å². The molecule has 0 spiro atoms. The highest BCUT2D eigenvalue weighted by Crippen LogP contribution is 2.52.